The second-order valence-electron chi connectivity index (χ2n) is 13.9. The summed E-state index contributed by atoms with van der Waals surface area (Å²) in [6.45, 7) is 8.84. The maximum atomic E-state index is 14.9. The van der Waals surface area contributed by atoms with E-state index in [1.54, 1.807) is 20.8 Å². The van der Waals surface area contributed by atoms with Crippen molar-refractivity contribution in [1.82, 2.24) is 0 Å². The molecule has 0 radical (unpaired) electrons. The Bertz CT molecular complexity index is 2190. The molecule has 0 heterocycles. The molecule has 260 valence electrons. The first-order valence-electron chi connectivity index (χ1n) is 16.2. The summed E-state index contributed by atoms with van der Waals surface area (Å²) in [5.41, 5.74) is 1.87. The van der Waals surface area contributed by atoms with Gasteiger partial charge < -0.3 is 14.2 Å². The number of benzene rings is 5. The van der Waals surface area contributed by atoms with E-state index in [1.807, 2.05) is 80.6 Å². The molecule has 5 aromatic rings. The van der Waals surface area contributed by atoms with Crippen molar-refractivity contribution in [2.45, 2.75) is 46.0 Å². The Kier molecular flexibility index (Phi) is 8.04. The lowest BCUT2D eigenvalue weighted by atomic mass is 9.53. The molecule has 51 heavy (non-hydrogen) atoms. The number of esters is 2. The van der Waals surface area contributed by atoms with Gasteiger partial charge in [-0.2, -0.15) is 0 Å². The largest absolute Gasteiger partial charge is 0.492 e. The monoisotopic (exact) mass is 698 g/mol. The van der Waals surface area contributed by atoms with Gasteiger partial charge in [0.05, 0.1) is 10.8 Å². The van der Waals surface area contributed by atoms with Gasteiger partial charge >= 0.3 is 11.9 Å². The van der Waals surface area contributed by atoms with Crippen LogP contribution >= 0.6 is 0 Å². The van der Waals surface area contributed by atoms with Gasteiger partial charge in [0.2, 0.25) is 5.82 Å². The van der Waals surface area contributed by atoms with Crippen LogP contribution in [0.1, 0.15) is 81.6 Å². The number of halogens is 5. The van der Waals surface area contributed by atoms with Crippen LogP contribution in [0.5, 0.6) is 17.2 Å². The average Bonchev–Trinajstić information content (AvgIpc) is 3.09. The van der Waals surface area contributed by atoms with Crippen LogP contribution < -0.4 is 14.2 Å². The molecule has 10 heteroatoms. The smallest absolute Gasteiger partial charge is 0.349 e. The maximum absolute atomic E-state index is 14.9. The summed E-state index contributed by atoms with van der Waals surface area (Å²) in [7, 11) is 0. The van der Waals surface area contributed by atoms with E-state index in [4.69, 9.17) is 14.2 Å². The third kappa shape index (κ3) is 5.27. The zero-order valence-electron chi connectivity index (χ0n) is 28.2. The molecule has 0 saturated heterocycles. The number of carbonyl (C=O) groups excluding carboxylic acids is 2. The van der Waals surface area contributed by atoms with Gasteiger partial charge in [-0.15, -0.1) is 0 Å². The molecule has 0 fully saturated rings. The van der Waals surface area contributed by atoms with E-state index in [9.17, 15) is 31.5 Å². The average molecular weight is 699 g/mol. The van der Waals surface area contributed by atoms with Crippen LogP contribution in [0.3, 0.4) is 0 Å². The minimum absolute atomic E-state index is 0.0899. The first kappa shape index (κ1) is 34.0. The summed E-state index contributed by atoms with van der Waals surface area (Å²) in [6.07, 6.45) is 0. The van der Waals surface area contributed by atoms with Crippen molar-refractivity contribution in [2.24, 2.45) is 5.41 Å². The van der Waals surface area contributed by atoms with E-state index in [2.05, 4.69) is 0 Å². The Labute approximate surface area is 290 Å². The van der Waals surface area contributed by atoms with Gasteiger partial charge in [-0.25, -0.2) is 26.7 Å². The molecule has 0 saturated carbocycles. The van der Waals surface area contributed by atoms with Gasteiger partial charge in [-0.05, 0) is 92.3 Å². The summed E-state index contributed by atoms with van der Waals surface area (Å²) in [4.78, 5) is 26.9. The highest BCUT2D eigenvalue weighted by Gasteiger charge is 2.55. The highest BCUT2D eigenvalue weighted by Crippen LogP contribution is 2.63. The van der Waals surface area contributed by atoms with Crippen LogP contribution in [-0.4, -0.2) is 18.5 Å². The van der Waals surface area contributed by atoms with Crippen LogP contribution in [0.2, 0.25) is 0 Å². The third-order valence-corrected chi connectivity index (χ3v) is 9.43. The van der Waals surface area contributed by atoms with Crippen molar-refractivity contribution >= 4 is 11.9 Å². The summed E-state index contributed by atoms with van der Waals surface area (Å²) in [5, 5.41) is 0. The van der Waals surface area contributed by atoms with E-state index in [1.165, 1.54) is 12.1 Å². The van der Waals surface area contributed by atoms with E-state index >= 15 is 0 Å². The van der Waals surface area contributed by atoms with Gasteiger partial charge in [0, 0.05) is 17.0 Å². The number of hydrogen-bond acceptors (Lipinski definition) is 5. The predicted molar refractivity (Wildman–Crippen MR) is 178 cm³/mol. The van der Waals surface area contributed by atoms with Crippen LogP contribution in [0.4, 0.5) is 22.0 Å². The van der Waals surface area contributed by atoms with Crippen molar-refractivity contribution in [2.75, 3.05) is 6.61 Å². The molecule has 2 bridgehead atoms. The van der Waals surface area contributed by atoms with Crippen molar-refractivity contribution < 1.29 is 45.8 Å². The highest BCUT2D eigenvalue weighted by atomic mass is 19.2. The van der Waals surface area contributed by atoms with E-state index in [0.29, 0.717) is 11.3 Å². The lowest BCUT2D eigenvalue weighted by molar-refractivity contribution is -0.143. The third-order valence-electron chi connectivity index (χ3n) is 9.43. The first-order chi connectivity index (χ1) is 24.1. The van der Waals surface area contributed by atoms with Gasteiger partial charge in [-0.1, -0.05) is 54.6 Å². The predicted octanol–water partition coefficient (Wildman–Crippen LogP) is 9.39. The summed E-state index contributed by atoms with van der Waals surface area (Å²) in [5.74, 6) is -14.1. The molecule has 5 aromatic carbocycles. The zero-order valence-corrected chi connectivity index (χ0v) is 28.2. The highest BCUT2D eigenvalue weighted by molar-refractivity contribution is 5.93. The second-order valence-corrected chi connectivity index (χ2v) is 13.9. The van der Waals surface area contributed by atoms with Gasteiger partial charge in [-0.3, -0.25) is 4.79 Å². The fourth-order valence-corrected chi connectivity index (χ4v) is 7.27. The molecule has 0 unspecified atom stereocenters. The Morgan fingerprint density at radius 2 is 1.20 bits per heavy atom. The van der Waals surface area contributed by atoms with Crippen LogP contribution in [0.15, 0.2) is 78.9 Å². The number of rotatable bonds is 6. The number of ether oxygens (including phenoxy) is 3. The molecule has 0 amide bonds. The molecule has 0 spiro atoms. The molecule has 0 aliphatic heterocycles. The van der Waals surface area contributed by atoms with Crippen LogP contribution in [0.25, 0.3) is 0 Å². The lowest BCUT2D eigenvalue weighted by Gasteiger charge is -2.50. The number of aryl methyl sites for hydroxylation is 2. The topological polar surface area (TPSA) is 61.8 Å². The van der Waals surface area contributed by atoms with Crippen molar-refractivity contribution in [1.29, 1.82) is 0 Å². The Balaban J connectivity index is 1.51. The number of hydrogen-bond donors (Lipinski definition) is 0. The fraction of sp³-hybridized carbons (Fsp3) is 0.220. The quantitative estimate of drug-likeness (QED) is 0.0582. The van der Waals surface area contributed by atoms with Crippen LogP contribution in [-0.2, 0) is 10.2 Å². The normalized spacial score (nSPS) is 16.9. The minimum Gasteiger partial charge on any atom is -0.492 e. The van der Waals surface area contributed by atoms with E-state index in [-0.39, 0.29) is 23.7 Å². The molecular formula is C41H31F5O5. The summed E-state index contributed by atoms with van der Waals surface area (Å²) >= 11 is 0. The van der Waals surface area contributed by atoms with Gasteiger partial charge in [0.1, 0.15) is 29.4 Å². The molecule has 8 rings (SSSR count). The van der Waals surface area contributed by atoms with E-state index < -0.39 is 63.3 Å². The Morgan fingerprint density at radius 3 is 1.75 bits per heavy atom. The molecule has 0 atom stereocenters. The minimum atomic E-state index is -2.41. The Hall–Kier alpha value is -5.51. The van der Waals surface area contributed by atoms with Crippen LogP contribution in [0, 0.1) is 48.3 Å². The number of carbonyl (C=O) groups is 2. The van der Waals surface area contributed by atoms with Gasteiger partial charge in [0.25, 0.3) is 0 Å². The molecule has 0 aromatic heterocycles. The molecular weight excluding hydrogens is 667 g/mol. The van der Waals surface area contributed by atoms with Gasteiger partial charge in [0.15, 0.2) is 23.3 Å². The summed E-state index contributed by atoms with van der Waals surface area (Å²) < 4.78 is 90.5. The standard InChI is InChI=1S/C41H31F5O5/c1-20-16-21(2)18-22(17-20)49-19-41-25-12-8-6-10-23(25)29(24-11-7-9-13-26(24)41)30-27(51-39(48)40(3,4)5)14-15-28(32(30)41)50-38(47)31-33(42)35(44)37(46)36(45)34(31)43/h6-18,29H,19H2,1-5H3. The maximum Gasteiger partial charge on any atom is 0.349 e. The van der Waals surface area contributed by atoms with Crippen molar-refractivity contribution in [3.63, 3.8) is 0 Å². The molecule has 3 aliphatic rings. The SMILES string of the molecule is Cc1cc(C)cc(OCC23c4ccccc4C(c4ccccc42)c2c(OC(=O)C(C)(C)C)ccc(OC(=O)c4c(F)c(F)c(F)c(F)c4F)c23)c1. The van der Waals surface area contributed by atoms with Crippen molar-refractivity contribution in [3.8, 4) is 17.2 Å². The fourth-order valence-electron chi connectivity index (χ4n) is 7.27. The molecule has 0 N–H and O–H groups in total. The lowest BCUT2D eigenvalue weighted by Crippen LogP contribution is -2.47. The Morgan fingerprint density at radius 1 is 0.686 bits per heavy atom. The molecule has 3 aliphatic carbocycles. The first-order valence-corrected chi connectivity index (χ1v) is 16.2. The summed E-state index contributed by atoms with van der Waals surface area (Å²) in [6, 6.07) is 23.5. The molecule has 5 nitrogen and oxygen atoms in total. The zero-order chi connectivity index (χ0) is 36.6. The van der Waals surface area contributed by atoms with E-state index in [0.717, 1.165) is 33.4 Å². The second kappa shape index (κ2) is 12.1. The van der Waals surface area contributed by atoms with Crippen molar-refractivity contribution in [3.05, 3.63) is 158 Å².